The summed E-state index contributed by atoms with van der Waals surface area (Å²) in [5.41, 5.74) is 0.903. The molecule has 25 heavy (non-hydrogen) atoms. The molecule has 0 spiro atoms. The van der Waals surface area contributed by atoms with Crippen LogP contribution in [0.15, 0.2) is 47.5 Å². The van der Waals surface area contributed by atoms with Crippen LogP contribution in [0.2, 0.25) is 0 Å². The Morgan fingerprint density at radius 2 is 1.84 bits per heavy atom. The van der Waals surface area contributed by atoms with Crippen LogP contribution < -0.4 is 5.56 Å². The molecule has 7 nitrogen and oxygen atoms in total. The molecule has 2 aromatic heterocycles. The molecule has 0 N–H and O–H groups in total. The zero-order valence-electron chi connectivity index (χ0n) is 13.8. The van der Waals surface area contributed by atoms with Gasteiger partial charge < -0.3 is 0 Å². The first-order chi connectivity index (χ1) is 11.9. The van der Waals surface area contributed by atoms with Crippen molar-refractivity contribution < 1.29 is 8.42 Å². The van der Waals surface area contributed by atoms with Gasteiger partial charge >= 0.3 is 0 Å². The van der Waals surface area contributed by atoms with Gasteiger partial charge in [-0.05, 0) is 25.0 Å². The second-order valence-corrected chi connectivity index (χ2v) is 9.01. The highest BCUT2D eigenvalue weighted by Gasteiger charge is 2.46. The molecular weight excluding hydrogens is 340 g/mol. The van der Waals surface area contributed by atoms with Gasteiger partial charge in [-0.2, -0.15) is 10.2 Å². The van der Waals surface area contributed by atoms with Crippen LogP contribution in [-0.4, -0.2) is 40.0 Å². The van der Waals surface area contributed by atoms with E-state index in [1.54, 1.807) is 17.1 Å². The van der Waals surface area contributed by atoms with Gasteiger partial charge in [-0.25, -0.2) is 17.8 Å². The average molecular weight is 358 g/mol. The zero-order valence-corrected chi connectivity index (χ0v) is 14.6. The van der Waals surface area contributed by atoms with E-state index >= 15 is 0 Å². The number of benzene rings is 1. The number of fused-ring (bicyclic) bond motifs is 1. The topological polar surface area (TPSA) is 86.8 Å². The van der Waals surface area contributed by atoms with Crippen molar-refractivity contribution >= 4 is 20.7 Å². The molecule has 3 aromatic rings. The van der Waals surface area contributed by atoms with Crippen molar-refractivity contribution in [3.05, 3.63) is 53.1 Å². The number of rotatable bonds is 5. The maximum atomic E-state index is 12.7. The molecule has 1 aliphatic rings. The second kappa shape index (κ2) is 5.52. The maximum absolute atomic E-state index is 12.7. The molecule has 1 saturated carbocycles. The predicted molar refractivity (Wildman–Crippen MR) is 94.5 cm³/mol. The summed E-state index contributed by atoms with van der Waals surface area (Å²) >= 11 is 0. The van der Waals surface area contributed by atoms with Crippen LogP contribution in [0, 0.1) is 5.41 Å². The zero-order chi connectivity index (χ0) is 17.7. The lowest BCUT2D eigenvalue weighted by atomic mass is 10.1. The van der Waals surface area contributed by atoms with Gasteiger partial charge in [0.15, 0.2) is 0 Å². The summed E-state index contributed by atoms with van der Waals surface area (Å²) in [6, 6.07) is 9.53. The molecule has 1 aromatic carbocycles. The van der Waals surface area contributed by atoms with Gasteiger partial charge in [-0.1, -0.05) is 18.2 Å². The third-order valence-electron chi connectivity index (χ3n) is 4.60. The molecule has 0 unspecified atom stereocenters. The highest BCUT2D eigenvalue weighted by atomic mass is 32.2. The Balaban J connectivity index is 1.72. The van der Waals surface area contributed by atoms with Crippen molar-refractivity contribution in [1.82, 2.24) is 19.6 Å². The molecule has 8 heteroatoms. The Hall–Kier alpha value is -2.48. The lowest BCUT2D eigenvalue weighted by Crippen LogP contribution is -2.30. The molecule has 0 amide bonds. The second-order valence-electron chi connectivity index (χ2n) is 6.87. The Morgan fingerprint density at radius 1 is 1.12 bits per heavy atom. The van der Waals surface area contributed by atoms with Crippen LogP contribution in [-0.2, 0) is 16.4 Å². The minimum Gasteiger partial charge on any atom is -0.267 e. The Morgan fingerprint density at radius 3 is 2.48 bits per heavy atom. The highest BCUT2D eigenvalue weighted by Crippen LogP contribution is 2.47. The SMILES string of the molecule is CS(=O)(=O)CC1(Cn2ncc3c(cnn3-c3ccccc3)c2=O)CC1. The van der Waals surface area contributed by atoms with E-state index in [1.807, 2.05) is 30.3 Å². The van der Waals surface area contributed by atoms with Crippen molar-refractivity contribution in [1.29, 1.82) is 0 Å². The van der Waals surface area contributed by atoms with E-state index in [1.165, 1.54) is 10.9 Å². The molecule has 0 saturated heterocycles. The van der Waals surface area contributed by atoms with E-state index < -0.39 is 9.84 Å². The summed E-state index contributed by atoms with van der Waals surface area (Å²) in [7, 11) is -3.09. The van der Waals surface area contributed by atoms with E-state index in [9.17, 15) is 13.2 Å². The van der Waals surface area contributed by atoms with Crippen molar-refractivity contribution in [3.8, 4) is 5.69 Å². The van der Waals surface area contributed by atoms with Crippen LogP contribution >= 0.6 is 0 Å². The fourth-order valence-corrected chi connectivity index (χ4v) is 4.74. The molecule has 0 atom stereocenters. The lowest BCUT2D eigenvalue weighted by molar-refractivity contribution is 0.418. The van der Waals surface area contributed by atoms with Crippen molar-refractivity contribution in [2.24, 2.45) is 5.41 Å². The summed E-state index contributed by atoms with van der Waals surface area (Å²) < 4.78 is 26.3. The normalized spacial score (nSPS) is 16.2. The Labute approximate surface area is 144 Å². The summed E-state index contributed by atoms with van der Waals surface area (Å²) in [4.78, 5) is 12.7. The Kier molecular flexibility index (Phi) is 3.54. The number of hydrogen-bond acceptors (Lipinski definition) is 5. The molecule has 1 fully saturated rings. The smallest absolute Gasteiger partial charge is 0.267 e. The number of nitrogens with zero attached hydrogens (tertiary/aromatic N) is 4. The van der Waals surface area contributed by atoms with Gasteiger partial charge in [0.1, 0.15) is 9.84 Å². The summed E-state index contributed by atoms with van der Waals surface area (Å²) in [5.74, 6) is 0.0927. The first kappa shape index (κ1) is 16.0. The van der Waals surface area contributed by atoms with Crippen LogP contribution in [0.5, 0.6) is 0 Å². The number of para-hydroxylation sites is 1. The molecule has 2 heterocycles. The van der Waals surface area contributed by atoms with Crippen LogP contribution in [0.4, 0.5) is 0 Å². The molecular formula is C17H18N4O3S. The summed E-state index contributed by atoms with van der Waals surface area (Å²) in [6.45, 7) is 0.325. The monoisotopic (exact) mass is 358 g/mol. The molecule has 130 valence electrons. The van der Waals surface area contributed by atoms with Gasteiger partial charge in [-0.15, -0.1) is 0 Å². The Bertz CT molecular complexity index is 1100. The van der Waals surface area contributed by atoms with Gasteiger partial charge in [-0.3, -0.25) is 4.79 Å². The molecule has 0 bridgehead atoms. The first-order valence-corrected chi connectivity index (χ1v) is 10.1. The molecule has 1 aliphatic carbocycles. The largest absolute Gasteiger partial charge is 0.277 e. The fraction of sp³-hybridized carbons (Fsp3) is 0.353. The average Bonchev–Trinajstić information content (AvgIpc) is 3.15. The van der Waals surface area contributed by atoms with Crippen LogP contribution in [0.25, 0.3) is 16.6 Å². The minimum absolute atomic E-state index is 0.0927. The standard InChI is InChI=1S/C17H18N4O3S/c1-25(23,24)12-17(7-8-17)11-20-16(22)14-9-19-21(15(14)10-18-20)13-5-3-2-4-6-13/h2-6,9-10H,7-8,11-12H2,1H3. The maximum Gasteiger partial charge on any atom is 0.277 e. The van der Waals surface area contributed by atoms with E-state index in [0.717, 1.165) is 18.5 Å². The first-order valence-electron chi connectivity index (χ1n) is 8.04. The van der Waals surface area contributed by atoms with E-state index in [-0.39, 0.29) is 16.7 Å². The molecule has 4 rings (SSSR count). The fourth-order valence-electron chi connectivity index (χ4n) is 3.25. The quantitative estimate of drug-likeness (QED) is 0.688. The highest BCUT2D eigenvalue weighted by molar-refractivity contribution is 7.90. The van der Waals surface area contributed by atoms with Crippen molar-refractivity contribution in [3.63, 3.8) is 0 Å². The number of sulfone groups is 1. The van der Waals surface area contributed by atoms with E-state index in [2.05, 4.69) is 10.2 Å². The number of hydrogen-bond donors (Lipinski definition) is 0. The van der Waals surface area contributed by atoms with Crippen molar-refractivity contribution in [2.75, 3.05) is 12.0 Å². The summed E-state index contributed by atoms with van der Waals surface area (Å²) in [6.07, 6.45) is 5.99. The molecule has 0 aliphatic heterocycles. The van der Waals surface area contributed by atoms with Crippen molar-refractivity contribution in [2.45, 2.75) is 19.4 Å². The van der Waals surface area contributed by atoms with Gasteiger partial charge in [0.2, 0.25) is 0 Å². The van der Waals surface area contributed by atoms with E-state index in [4.69, 9.17) is 0 Å². The van der Waals surface area contributed by atoms with Crippen LogP contribution in [0.1, 0.15) is 12.8 Å². The lowest BCUT2D eigenvalue weighted by Gasteiger charge is -2.14. The third-order valence-corrected chi connectivity index (χ3v) is 5.74. The van der Waals surface area contributed by atoms with Gasteiger partial charge in [0.05, 0.1) is 41.3 Å². The summed E-state index contributed by atoms with van der Waals surface area (Å²) in [5, 5.41) is 9.06. The van der Waals surface area contributed by atoms with Crippen LogP contribution in [0.3, 0.4) is 0 Å². The minimum atomic E-state index is -3.09. The van der Waals surface area contributed by atoms with Gasteiger partial charge in [0.25, 0.3) is 5.56 Å². The number of aromatic nitrogens is 4. The third kappa shape index (κ3) is 3.09. The van der Waals surface area contributed by atoms with Gasteiger partial charge in [0, 0.05) is 11.7 Å². The molecule has 0 radical (unpaired) electrons. The van der Waals surface area contributed by atoms with E-state index in [0.29, 0.717) is 17.4 Å². The predicted octanol–water partition coefficient (Wildman–Crippen LogP) is 1.41.